The van der Waals surface area contributed by atoms with Crippen LogP contribution in [-0.4, -0.2) is 22.7 Å². The molecule has 1 rings (SSSR count). The van der Waals surface area contributed by atoms with Crippen molar-refractivity contribution >= 4 is 22.7 Å². The van der Waals surface area contributed by atoms with Crippen LogP contribution >= 0.6 is 0 Å². The molecule has 0 radical (unpaired) electrons. The Hall–Kier alpha value is 0.410. The first-order valence-electron chi connectivity index (χ1n) is 3.11. The van der Waals surface area contributed by atoms with Crippen LogP contribution in [0.3, 0.4) is 0 Å². The topological polar surface area (TPSA) is 23.9 Å². The summed E-state index contributed by atoms with van der Waals surface area (Å²) in [4.78, 5) is 0. The summed E-state index contributed by atoms with van der Waals surface area (Å²) in [7, 11) is 0. The van der Waals surface area contributed by atoms with Crippen molar-refractivity contribution in [3.8, 4) is 0 Å². The number of rotatable bonds is 1. The molecule has 0 amide bonds. The van der Waals surface area contributed by atoms with E-state index in [0.29, 0.717) is 0 Å². The molecule has 0 saturated heterocycles. The van der Waals surface area contributed by atoms with E-state index in [1.165, 1.54) is 19.3 Å². The van der Waals surface area contributed by atoms with Gasteiger partial charge in [0.1, 0.15) is 0 Å². The van der Waals surface area contributed by atoms with Gasteiger partial charge in [-0.15, -0.1) is 0 Å². The first-order valence-corrected chi connectivity index (χ1v) is 6.66. The van der Waals surface area contributed by atoms with Crippen molar-refractivity contribution in [2.24, 2.45) is 0 Å². The summed E-state index contributed by atoms with van der Waals surface area (Å²) in [5, 5.41) is 0. The molecule has 0 bridgehead atoms. The molecule has 1 aliphatic carbocycles. The Morgan fingerprint density at radius 3 is 2.88 bits per heavy atom. The predicted molar refractivity (Wildman–Crippen MR) is 35.2 cm³/mol. The molecule has 42 valence electrons. The second-order valence-corrected chi connectivity index (χ2v) is 5.58. The van der Waals surface area contributed by atoms with Crippen LogP contribution in [0.1, 0.15) is 19.3 Å². The maximum absolute atomic E-state index is 7.24. The van der Waals surface area contributed by atoms with Crippen LogP contribution in [0.25, 0.3) is 0 Å². The van der Waals surface area contributed by atoms with Crippen LogP contribution in [0, 0.1) is 3.33 Å². The molecule has 0 fully saturated rings. The van der Waals surface area contributed by atoms with E-state index in [0.717, 1.165) is 3.67 Å². The molecule has 0 aromatic heterocycles. The molecule has 1 unspecified atom stereocenters. The van der Waals surface area contributed by atoms with Crippen LogP contribution in [0.2, 0.25) is 3.67 Å². The van der Waals surface area contributed by atoms with Crippen molar-refractivity contribution in [1.29, 1.82) is 3.33 Å². The number of nitrogens with one attached hydrogen (secondary N) is 1. The van der Waals surface area contributed by atoms with E-state index < -0.39 is 22.7 Å². The molecule has 0 heterocycles. The van der Waals surface area contributed by atoms with Crippen molar-refractivity contribution in [2.45, 2.75) is 22.9 Å². The van der Waals surface area contributed by atoms with Gasteiger partial charge in [-0.05, 0) is 0 Å². The van der Waals surface area contributed by atoms with Crippen molar-refractivity contribution in [3.05, 3.63) is 12.2 Å². The Bertz CT molecular complexity index is 109. The number of hydrogen-bond acceptors (Lipinski definition) is 1. The fourth-order valence-electron chi connectivity index (χ4n) is 0.978. The van der Waals surface area contributed by atoms with E-state index in [1.807, 2.05) is 0 Å². The molecule has 1 nitrogen and oxygen atoms in total. The van der Waals surface area contributed by atoms with E-state index in [9.17, 15) is 0 Å². The van der Waals surface area contributed by atoms with Gasteiger partial charge in [0.05, 0.1) is 0 Å². The van der Waals surface area contributed by atoms with Gasteiger partial charge in [0.2, 0.25) is 0 Å². The fourth-order valence-corrected chi connectivity index (χ4v) is 2.89. The Balaban J connectivity index is 2.42. The molecule has 1 atom stereocenters. The molecule has 0 saturated carbocycles. The van der Waals surface area contributed by atoms with E-state index in [-0.39, 0.29) is 0 Å². The molecule has 0 spiro atoms. The molecule has 1 aliphatic rings. The van der Waals surface area contributed by atoms with E-state index in [1.54, 1.807) is 0 Å². The molecule has 1 N–H and O–H groups in total. The van der Waals surface area contributed by atoms with Gasteiger partial charge >= 0.3 is 61.2 Å². The first kappa shape index (κ1) is 6.53. The summed E-state index contributed by atoms with van der Waals surface area (Å²) in [6, 6.07) is 0. The fraction of sp³-hybridized carbons (Fsp3) is 0.667. The van der Waals surface area contributed by atoms with E-state index >= 15 is 0 Å². The van der Waals surface area contributed by atoms with Gasteiger partial charge in [0, 0.05) is 0 Å². The zero-order valence-electron chi connectivity index (χ0n) is 4.93. The van der Waals surface area contributed by atoms with Gasteiger partial charge in [-0.1, -0.05) is 0 Å². The Kier molecular flexibility index (Phi) is 2.81. The third-order valence-electron chi connectivity index (χ3n) is 1.51. The third kappa shape index (κ3) is 1.73. The molecule has 0 aromatic rings. The summed E-state index contributed by atoms with van der Waals surface area (Å²) in [5.41, 5.74) is 0. The van der Waals surface area contributed by atoms with Crippen LogP contribution in [-0.2, 0) is 0 Å². The minimum atomic E-state index is -0.854. The summed E-state index contributed by atoms with van der Waals surface area (Å²) < 4.78 is 8.00. The average molecular weight is 211 g/mol. The van der Waals surface area contributed by atoms with Gasteiger partial charge in [-0.2, -0.15) is 0 Å². The van der Waals surface area contributed by atoms with Gasteiger partial charge in [-0.3, -0.25) is 0 Å². The summed E-state index contributed by atoms with van der Waals surface area (Å²) in [6.45, 7) is 0. The van der Waals surface area contributed by atoms with Gasteiger partial charge in [0.25, 0.3) is 0 Å². The molecule has 2 heteroatoms. The van der Waals surface area contributed by atoms with Crippen molar-refractivity contribution in [2.75, 3.05) is 0 Å². The van der Waals surface area contributed by atoms with Gasteiger partial charge in [-0.25, -0.2) is 0 Å². The monoisotopic (exact) mass is 211 g/mol. The standard InChI is InChI=1S/C6H9.In.HN/c1-2-4-6-5-3-1;;/h1-3H,4-6H2;;1H. The Morgan fingerprint density at radius 2 is 2.50 bits per heavy atom. The average Bonchev–Trinajstić information content (AvgIpc) is 1.90. The Labute approximate surface area is 61.2 Å². The molecular formula is C6H10InN. The predicted octanol–water partition coefficient (Wildman–Crippen LogP) is 1.98. The second-order valence-electron chi connectivity index (χ2n) is 2.19. The first-order chi connectivity index (χ1) is 3.93. The Morgan fingerprint density at radius 1 is 1.62 bits per heavy atom. The zero-order valence-corrected chi connectivity index (χ0v) is 8.23. The van der Waals surface area contributed by atoms with Crippen LogP contribution in [0.15, 0.2) is 12.2 Å². The van der Waals surface area contributed by atoms with Crippen LogP contribution in [0.5, 0.6) is 0 Å². The van der Waals surface area contributed by atoms with E-state index in [2.05, 4.69) is 12.2 Å². The third-order valence-corrected chi connectivity index (χ3v) is 4.31. The molecule has 0 aromatic carbocycles. The zero-order chi connectivity index (χ0) is 5.82. The van der Waals surface area contributed by atoms with Gasteiger partial charge < -0.3 is 0 Å². The molecule has 0 aliphatic heterocycles. The minimum absolute atomic E-state index is 0.763. The normalized spacial score (nSPS) is 27.2. The summed E-state index contributed by atoms with van der Waals surface area (Å²) in [6.07, 6.45) is 8.43. The second kappa shape index (κ2) is 3.44. The summed E-state index contributed by atoms with van der Waals surface area (Å²) >= 11 is -0.854. The van der Waals surface area contributed by atoms with Gasteiger partial charge in [0.15, 0.2) is 0 Å². The number of allylic oxidation sites excluding steroid dienone is 2. The molecular weight excluding hydrogens is 201 g/mol. The van der Waals surface area contributed by atoms with Crippen molar-refractivity contribution in [3.63, 3.8) is 0 Å². The van der Waals surface area contributed by atoms with Crippen LogP contribution in [0.4, 0.5) is 0 Å². The van der Waals surface area contributed by atoms with Crippen molar-refractivity contribution in [1.82, 2.24) is 0 Å². The quantitative estimate of drug-likeness (QED) is 0.641. The maximum atomic E-state index is 7.24. The van der Waals surface area contributed by atoms with Crippen LogP contribution < -0.4 is 0 Å². The SMILES string of the molecule is [NH]=[In][CH]1C=CCCC1. The van der Waals surface area contributed by atoms with E-state index in [4.69, 9.17) is 3.33 Å². The number of hydrogen-bond donors (Lipinski definition) is 1. The van der Waals surface area contributed by atoms with Crippen molar-refractivity contribution < 1.29 is 0 Å². The summed E-state index contributed by atoms with van der Waals surface area (Å²) in [5.74, 6) is 0. The molecule has 8 heavy (non-hydrogen) atoms.